The number of hydrogen-bond donors (Lipinski definition) is 4. The van der Waals surface area contributed by atoms with E-state index in [9.17, 15) is 29.1 Å². The van der Waals surface area contributed by atoms with Gasteiger partial charge in [0.2, 0.25) is 11.7 Å². The second-order valence-corrected chi connectivity index (χ2v) is 15.3. The summed E-state index contributed by atoms with van der Waals surface area (Å²) in [5.74, 6) is -2.97. The fraction of sp³-hybridized carbons (Fsp3) is 0.350. The topological polar surface area (TPSA) is 214 Å². The maximum absolute atomic E-state index is 14.2. The molecule has 6 rings (SSSR count). The normalized spacial score (nSPS) is 14.9. The lowest BCUT2D eigenvalue weighted by molar-refractivity contribution is -0.149. The minimum atomic E-state index is -1.17. The molecule has 1 saturated heterocycles. The van der Waals surface area contributed by atoms with Crippen LogP contribution in [0, 0.1) is 5.92 Å². The molecule has 4 N–H and O–H groups in total. The van der Waals surface area contributed by atoms with Crippen molar-refractivity contribution in [2.24, 2.45) is 5.92 Å². The largest absolute Gasteiger partial charge is 0.454 e. The van der Waals surface area contributed by atoms with Crippen molar-refractivity contribution in [3.05, 3.63) is 89.4 Å². The van der Waals surface area contributed by atoms with Gasteiger partial charge in [-0.3, -0.25) is 14.4 Å². The quantitative estimate of drug-likeness (QED) is 0.0920. The molecule has 304 valence electrons. The van der Waals surface area contributed by atoms with Gasteiger partial charge in [0, 0.05) is 41.3 Å². The number of aliphatic hydroxyl groups is 1. The van der Waals surface area contributed by atoms with Crippen LogP contribution in [0.4, 0.5) is 21.9 Å². The van der Waals surface area contributed by atoms with E-state index in [0.29, 0.717) is 44.3 Å². The molecule has 2 aromatic heterocycles. The monoisotopic (exact) mass is 813 g/mol. The van der Waals surface area contributed by atoms with Crippen LogP contribution in [0.25, 0.3) is 16.7 Å². The summed E-state index contributed by atoms with van der Waals surface area (Å²) in [6, 6.07) is 15.7. The van der Waals surface area contributed by atoms with Crippen LogP contribution in [0.2, 0.25) is 5.02 Å². The summed E-state index contributed by atoms with van der Waals surface area (Å²) >= 11 is 6.32. The molecule has 0 unspecified atom stereocenters. The number of fused-ring (bicyclic) bond motifs is 1. The number of nitrogens with one attached hydrogen (secondary N) is 3. The van der Waals surface area contributed by atoms with Crippen LogP contribution in [0.5, 0.6) is 0 Å². The van der Waals surface area contributed by atoms with Gasteiger partial charge in [0.05, 0.1) is 24.0 Å². The van der Waals surface area contributed by atoms with Crippen molar-refractivity contribution in [2.45, 2.75) is 65.1 Å². The van der Waals surface area contributed by atoms with E-state index < -0.39 is 47.4 Å². The first-order chi connectivity index (χ1) is 27.6. The number of amides is 5. The molecule has 0 spiro atoms. The third-order valence-electron chi connectivity index (χ3n) is 9.63. The second-order valence-electron chi connectivity index (χ2n) is 14.9. The lowest BCUT2D eigenvalue weighted by Crippen LogP contribution is -2.60. The van der Waals surface area contributed by atoms with Crippen molar-refractivity contribution in [1.29, 1.82) is 0 Å². The van der Waals surface area contributed by atoms with E-state index >= 15 is 0 Å². The Bertz CT molecular complexity index is 2310. The number of esters is 1. The summed E-state index contributed by atoms with van der Waals surface area (Å²) in [5, 5.41) is 30.2. The zero-order chi connectivity index (χ0) is 41.7. The lowest BCUT2D eigenvalue weighted by atomic mass is 10.0. The van der Waals surface area contributed by atoms with E-state index in [1.54, 1.807) is 75.4 Å². The van der Waals surface area contributed by atoms with Gasteiger partial charge in [0.15, 0.2) is 0 Å². The van der Waals surface area contributed by atoms with Crippen molar-refractivity contribution in [2.75, 3.05) is 35.2 Å². The molecular weight excluding hydrogens is 770 g/mol. The number of anilines is 3. The van der Waals surface area contributed by atoms with Gasteiger partial charge >= 0.3 is 23.8 Å². The molecule has 1 fully saturated rings. The Morgan fingerprint density at radius 2 is 1.69 bits per heavy atom. The molecule has 58 heavy (non-hydrogen) atoms. The Balaban J connectivity index is 1.25. The number of tetrazole rings is 1. The van der Waals surface area contributed by atoms with Crippen LogP contribution in [0.15, 0.2) is 77.5 Å². The van der Waals surface area contributed by atoms with Crippen LogP contribution in [-0.2, 0) is 25.5 Å². The molecule has 17 nitrogen and oxygen atoms in total. The fourth-order valence-corrected chi connectivity index (χ4v) is 6.58. The SMILES string of the molecule is CC[C@H](C)[C@@H](CO)NC(=O)Nc1ccc(C[C@@H](C(=O)Nc2ccc3oc(C(=O)OC(C)(C)C)cc3c2)N2CCN(c3cc(Cl)ccc3-n3cnnn3)C(=O)C2=O)cc1. The first kappa shape index (κ1) is 41.3. The molecule has 1 aliphatic heterocycles. The van der Waals surface area contributed by atoms with Gasteiger partial charge in [-0.05, 0) is 97.3 Å². The molecule has 0 aliphatic carbocycles. The van der Waals surface area contributed by atoms with Crippen molar-refractivity contribution >= 4 is 69.4 Å². The highest BCUT2D eigenvalue weighted by Crippen LogP contribution is 2.31. The van der Waals surface area contributed by atoms with Crippen LogP contribution in [0.3, 0.4) is 0 Å². The van der Waals surface area contributed by atoms with Crippen molar-refractivity contribution in [1.82, 2.24) is 30.4 Å². The molecule has 3 atom stereocenters. The van der Waals surface area contributed by atoms with Crippen LogP contribution in [0.1, 0.15) is 57.2 Å². The summed E-state index contributed by atoms with van der Waals surface area (Å²) in [7, 11) is 0. The number of furan rings is 1. The summed E-state index contributed by atoms with van der Waals surface area (Å²) in [5.41, 5.74) is 1.82. The molecule has 3 aromatic carbocycles. The standard InChI is InChI=1S/C40H44ClN9O8/c1-6-23(2)29(21-51)45-39(56)44-27-10-7-24(8-11-27)17-32(35(52)43-28-12-14-33-25(18-28)19-34(57-33)38(55)58-40(3,4)5)49-16-15-48(36(53)37(49)54)31-20-26(41)9-13-30(31)50-22-42-46-47-50/h7-14,18-20,22-23,29,32,51H,6,15-17,21H2,1-5H3,(H,43,52)(H2,44,45,56)/t23-,29+,32-/m0/s1. The Morgan fingerprint density at radius 3 is 2.36 bits per heavy atom. The predicted octanol–water partition coefficient (Wildman–Crippen LogP) is 4.97. The Hall–Kier alpha value is -6.33. The van der Waals surface area contributed by atoms with E-state index in [-0.39, 0.29) is 37.8 Å². The van der Waals surface area contributed by atoms with Crippen LogP contribution < -0.4 is 20.9 Å². The molecule has 3 heterocycles. The summed E-state index contributed by atoms with van der Waals surface area (Å²) < 4.78 is 12.5. The van der Waals surface area contributed by atoms with E-state index in [1.807, 2.05) is 13.8 Å². The molecule has 0 bridgehead atoms. The van der Waals surface area contributed by atoms with Crippen molar-refractivity contribution in [3.63, 3.8) is 0 Å². The van der Waals surface area contributed by atoms with Gasteiger partial charge in [0.25, 0.3) is 0 Å². The Morgan fingerprint density at radius 1 is 0.948 bits per heavy atom. The van der Waals surface area contributed by atoms with Gasteiger partial charge in [-0.1, -0.05) is 44.0 Å². The highest BCUT2D eigenvalue weighted by atomic mass is 35.5. The number of aliphatic hydroxyl groups excluding tert-OH is 1. The zero-order valence-corrected chi connectivity index (χ0v) is 33.3. The number of halogens is 1. The minimum Gasteiger partial charge on any atom is -0.454 e. The molecule has 18 heteroatoms. The zero-order valence-electron chi connectivity index (χ0n) is 32.6. The molecule has 0 saturated carbocycles. The number of benzene rings is 3. The van der Waals surface area contributed by atoms with Gasteiger partial charge in [-0.25, -0.2) is 9.59 Å². The predicted molar refractivity (Wildman–Crippen MR) is 215 cm³/mol. The lowest BCUT2D eigenvalue weighted by Gasteiger charge is -2.38. The average Bonchev–Trinajstić information content (AvgIpc) is 3.88. The van der Waals surface area contributed by atoms with Gasteiger partial charge in [0.1, 0.15) is 23.6 Å². The molecule has 5 amide bonds. The van der Waals surface area contributed by atoms with Crippen molar-refractivity contribution in [3.8, 4) is 5.69 Å². The number of rotatable bonds is 13. The maximum Gasteiger partial charge on any atom is 0.374 e. The molecule has 0 radical (unpaired) electrons. The highest BCUT2D eigenvalue weighted by molar-refractivity contribution is 6.41. The number of nitrogens with zero attached hydrogens (tertiary/aromatic N) is 6. The van der Waals surface area contributed by atoms with E-state index in [2.05, 4.69) is 31.5 Å². The number of aromatic nitrogens is 4. The number of ether oxygens (including phenoxy) is 1. The third-order valence-corrected chi connectivity index (χ3v) is 9.86. The number of carbonyl (C=O) groups is 5. The van der Waals surface area contributed by atoms with Gasteiger partial charge < -0.3 is 40.0 Å². The van der Waals surface area contributed by atoms with E-state index in [4.69, 9.17) is 20.8 Å². The van der Waals surface area contributed by atoms with Crippen molar-refractivity contribution < 1.29 is 38.2 Å². The number of hydrogen-bond acceptors (Lipinski definition) is 11. The van der Waals surface area contributed by atoms with Crippen LogP contribution in [-0.4, -0.2) is 97.3 Å². The number of carbonyl (C=O) groups excluding carboxylic acids is 5. The first-order valence-corrected chi connectivity index (χ1v) is 19.0. The molecule has 5 aromatic rings. The smallest absolute Gasteiger partial charge is 0.374 e. The number of piperazine rings is 1. The summed E-state index contributed by atoms with van der Waals surface area (Å²) in [4.78, 5) is 70.0. The first-order valence-electron chi connectivity index (χ1n) is 18.6. The average molecular weight is 814 g/mol. The van der Waals surface area contributed by atoms with E-state index in [0.717, 1.165) is 6.42 Å². The van der Waals surface area contributed by atoms with E-state index in [1.165, 1.54) is 32.9 Å². The van der Waals surface area contributed by atoms with Gasteiger partial charge in [-0.15, -0.1) is 5.10 Å². The molecular formula is C40H44ClN9O8. The second kappa shape index (κ2) is 17.4. The van der Waals surface area contributed by atoms with Gasteiger partial charge in [-0.2, -0.15) is 4.68 Å². The summed E-state index contributed by atoms with van der Waals surface area (Å²) in [6.45, 7) is 8.93. The minimum absolute atomic E-state index is 0.00171. The fourth-order valence-electron chi connectivity index (χ4n) is 6.41. The Kier molecular flexibility index (Phi) is 12.4. The summed E-state index contributed by atoms with van der Waals surface area (Å²) in [6.07, 6.45) is 2.12. The number of urea groups is 1. The highest BCUT2D eigenvalue weighted by Gasteiger charge is 2.41. The van der Waals surface area contributed by atoms with Crippen LogP contribution >= 0.6 is 11.6 Å². The Labute approximate surface area is 338 Å². The molecule has 1 aliphatic rings. The maximum atomic E-state index is 14.2. The third kappa shape index (κ3) is 9.61.